The van der Waals surface area contributed by atoms with Gasteiger partial charge in [0.25, 0.3) is 0 Å². The minimum atomic E-state index is -0.303. The normalized spacial score (nSPS) is 18.2. The Morgan fingerprint density at radius 1 is 1.24 bits per heavy atom. The van der Waals surface area contributed by atoms with Gasteiger partial charge in [0.05, 0.1) is 18.8 Å². The van der Waals surface area contributed by atoms with Gasteiger partial charge in [-0.15, -0.1) is 0 Å². The summed E-state index contributed by atoms with van der Waals surface area (Å²) in [5.41, 5.74) is 1.55. The second kappa shape index (κ2) is 7.77. The Morgan fingerprint density at radius 3 is 2.52 bits per heavy atom. The second-order valence-electron chi connectivity index (χ2n) is 8.77. The molecule has 1 aliphatic heterocycles. The van der Waals surface area contributed by atoms with Crippen LogP contribution in [0.15, 0.2) is 18.2 Å². The zero-order chi connectivity index (χ0) is 18.7. The van der Waals surface area contributed by atoms with Crippen LogP contribution in [0.4, 0.5) is 0 Å². The maximum Gasteiger partial charge on any atom is 0.338 e. The minimum Gasteiger partial charge on any atom is -0.491 e. The van der Waals surface area contributed by atoms with E-state index in [9.17, 15) is 4.79 Å². The van der Waals surface area contributed by atoms with Crippen LogP contribution >= 0.6 is 0 Å². The van der Waals surface area contributed by atoms with Gasteiger partial charge in [0.15, 0.2) is 0 Å². The van der Waals surface area contributed by atoms with E-state index in [-0.39, 0.29) is 22.9 Å². The molecule has 1 fully saturated rings. The molecular weight excluding hydrogens is 316 g/mol. The van der Waals surface area contributed by atoms with E-state index in [1.807, 2.05) is 18.2 Å². The first-order valence-corrected chi connectivity index (χ1v) is 9.10. The van der Waals surface area contributed by atoms with Gasteiger partial charge in [0.2, 0.25) is 0 Å². The van der Waals surface area contributed by atoms with E-state index < -0.39 is 0 Å². The first-order chi connectivity index (χ1) is 11.6. The van der Waals surface area contributed by atoms with Crippen molar-refractivity contribution in [2.24, 2.45) is 5.41 Å². The van der Waals surface area contributed by atoms with Crippen molar-refractivity contribution in [1.29, 1.82) is 0 Å². The monoisotopic (exact) mass is 348 g/mol. The zero-order valence-corrected chi connectivity index (χ0v) is 16.5. The van der Waals surface area contributed by atoms with Crippen LogP contribution in [0.3, 0.4) is 0 Å². The number of hydrogen-bond donors (Lipinski definition) is 0. The van der Waals surface area contributed by atoms with Crippen LogP contribution in [0, 0.1) is 5.41 Å². The average Bonchev–Trinajstić information content (AvgIpc) is 3.03. The number of carbonyl (C=O) groups is 1. The van der Waals surface area contributed by atoms with Crippen LogP contribution in [0.5, 0.6) is 5.75 Å². The maximum absolute atomic E-state index is 12.2. The van der Waals surface area contributed by atoms with Gasteiger partial charge in [-0.2, -0.15) is 0 Å². The van der Waals surface area contributed by atoms with Crippen molar-refractivity contribution in [3.8, 4) is 5.75 Å². The molecule has 4 nitrogen and oxygen atoms in total. The lowest BCUT2D eigenvalue weighted by atomic mass is 9.71. The molecule has 0 saturated carbocycles. The number of esters is 1. The van der Waals surface area contributed by atoms with E-state index in [4.69, 9.17) is 14.2 Å². The molecule has 0 aliphatic carbocycles. The Labute approximate surface area is 151 Å². The van der Waals surface area contributed by atoms with Crippen molar-refractivity contribution < 1.29 is 19.0 Å². The van der Waals surface area contributed by atoms with Crippen molar-refractivity contribution in [1.82, 2.24) is 0 Å². The van der Waals surface area contributed by atoms with E-state index in [0.717, 1.165) is 37.2 Å². The fourth-order valence-corrected chi connectivity index (χ4v) is 3.85. The number of methoxy groups -OCH3 is 1. The highest BCUT2D eigenvalue weighted by molar-refractivity contribution is 5.91. The molecular formula is C21H32O4. The number of rotatable bonds is 6. The first-order valence-electron chi connectivity index (χ1n) is 9.10. The van der Waals surface area contributed by atoms with E-state index in [0.29, 0.717) is 12.2 Å². The number of ether oxygens (including phenoxy) is 3. The summed E-state index contributed by atoms with van der Waals surface area (Å²) in [5.74, 6) is 0.475. The number of carbonyl (C=O) groups excluding carboxylic acids is 1. The molecule has 0 amide bonds. The van der Waals surface area contributed by atoms with E-state index in [1.54, 1.807) is 0 Å². The first kappa shape index (κ1) is 19.8. The fraction of sp³-hybridized carbons (Fsp3) is 0.667. The summed E-state index contributed by atoms with van der Waals surface area (Å²) in [6.07, 6.45) is 3.26. The topological polar surface area (TPSA) is 44.8 Å². The summed E-state index contributed by atoms with van der Waals surface area (Å²) in [7, 11) is 1.42. The number of hydrogen-bond acceptors (Lipinski definition) is 4. The molecule has 4 heteroatoms. The van der Waals surface area contributed by atoms with Crippen molar-refractivity contribution in [2.75, 3.05) is 20.3 Å². The minimum absolute atomic E-state index is 0.144. The smallest absolute Gasteiger partial charge is 0.338 e. The molecule has 0 aromatic heterocycles. The summed E-state index contributed by atoms with van der Waals surface area (Å²) < 4.78 is 16.5. The summed E-state index contributed by atoms with van der Waals surface area (Å²) in [4.78, 5) is 12.2. The summed E-state index contributed by atoms with van der Waals surface area (Å²) >= 11 is 0. The predicted molar refractivity (Wildman–Crippen MR) is 99.3 cm³/mol. The Hall–Kier alpha value is -1.55. The van der Waals surface area contributed by atoms with Gasteiger partial charge in [0, 0.05) is 6.61 Å². The summed E-state index contributed by atoms with van der Waals surface area (Å²) in [6, 6.07) is 5.65. The molecule has 0 spiro atoms. The molecule has 1 aliphatic rings. The van der Waals surface area contributed by atoms with Crippen LogP contribution in [0.1, 0.15) is 69.8 Å². The molecule has 25 heavy (non-hydrogen) atoms. The third kappa shape index (κ3) is 5.46. The predicted octanol–water partition coefficient (Wildman–Crippen LogP) is 4.74. The summed E-state index contributed by atoms with van der Waals surface area (Å²) in [6.45, 7) is 12.3. The Bertz CT molecular complexity index is 592. The van der Waals surface area contributed by atoms with Crippen LogP contribution in [-0.2, 0) is 14.9 Å². The van der Waals surface area contributed by atoms with Gasteiger partial charge < -0.3 is 14.2 Å². The van der Waals surface area contributed by atoms with E-state index >= 15 is 0 Å². The van der Waals surface area contributed by atoms with Crippen LogP contribution in [0.2, 0.25) is 0 Å². The van der Waals surface area contributed by atoms with Crippen LogP contribution in [0.25, 0.3) is 0 Å². The molecule has 0 N–H and O–H groups in total. The van der Waals surface area contributed by atoms with Crippen molar-refractivity contribution in [3.63, 3.8) is 0 Å². The lowest BCUT2D eigenvalue weighted by molar-refractivity contribution is 0.0595. The van der Waals surface area contributed by atoms with Crippen LogP contribution in [-0.4, -0.2) is 32.4 Å². The Kier molecular flexibility index (Phi) is 6.15. The third-order valence-corrected chi connectivity index (χ3v) is 4.56. The number of benzene rings is 1. The molecule has 1 aromatic carbocycles. The fourth-order valence-electron chi connectivity index (χ4n) is 3.85. The lowest BCUT2D eigenvalue weighted by Crippen LogP contribution is -2.27. The largest absolute Gasteiger partial charge is 0.491 e. The lowest BCUT2D eigenvalue weighted by Gasteiger charge is -2.34. The molecule has 1 aromatic rings. The highest BCUT2D eigenvalue weighted by Gasteiger charge is 2.31. The van der Waals surface area contributed by atoms with Gasteiger partial charge in [-0.3, -0.25) is 0 Å². The molecule has 0 radical (unpaired) electrons. The quantitative estimate of drug-likeness (QED) is 0.696. The molecule has 2 rings (SSSR count). The maximum atomic E-state index is 12.2. The molecule has 140 valence electrons. The molecule has 1 unspecified atom stereocenters. The Morgan fingerprint density at radius 2 is 1.96 bits per heavy atom. The van der Waals surface area contributed by atoms with Crippen molar-refractivity contribution in [3.05, 3.63) is 29.3 Å². The van der Waals surface area contributed by atoms with Crippen molar-refractivity contribution in [2.45, 2.75) is 65.4 Å². The summed E-state index contributed by atoms with van der Waals surface area (Å²) in [5, 5.41) is 0. The van der Waals surface area contributed by atoms with Crippen LogP contribution < -0.4 is 4.74 Å². The second-order valence-corrected chi connectivity index (χ2v) is 8.77. The third-order valence-electron chi connectivity index (χ3n) is 4.56. The van der Waals surface area contributed by atoms with Gasteiger partial charge in [0.1, 0.15) is 12.4 Å². The van der Waals surface area contributed by atoms with E-state index in [2.05, 4.69) is 34.6 Å². The van der Waals surface area contributed by atoms with Gasteiger partial charge in [-0.25, -0.2) is 4.79 Å². The average molecular weight is 348 g/mol. The standard InChI is InChI=1S/C21H32O4/c1-20(2,3)14-21(4,5)18-12-15(9-10-17(18)19(22)23-6)25-13-16-8-7-11-24-16/h9-10,12,16H,7-8,11,13-14H2,1-6H3. The SMILES string of the molecule is COC(=O)c1ccc(OCC2CCCO2)cc1C(C)(C)CC(C)(C)C. The highest BCUT2D eigenvalue weighted by atomic mass is 16.5. The zero-order valence-electron chi connectivity index (χ0n) is 16.5. The van der Waals surface area contributed by atoms with Crippen molar-refractivity contribution >= 4 is 5.97 Å². The van der Waals surface area contributed by atoms with E-state index in [1.165, 1.54) is 7.11 Å². The molecule has 1 heterocycles. The molecule has 1 saturated heterocycles. The highest BCUT2D eigenvalue weighted by Crippen LogP contribution is 2.39. The van der Waals surface area contributed by atoms with Gasteiger partial charge >= 0.3 is 5.97 Å². The molecule has 0 bridgehead atoms. The van der Waals surface area contributed by atoms with Gasteiger partial charge in [-0.05, 0) is 53.9 Å². The van der Waals surface area contributed by atoms with Gasteiger partial charge in [-0.1, -0.05) is 34.6 Å². The Balaban J connectivity index is 2.28. The molecule has 1 atom stereocenters.